The number of para-hydroxylation sites is 1. The maximum absolute atomic E-state index is 12.8. The minimum Gasteiger partial charge on any atom is -0.490 e. The monoisotopic (exact) mass is 403 g/mol. The average molecular weight is 403 g/mol. The zero-order valence-electron chi connectivity index (χ0n) is 16.8. The Balaban J connectivity index is 1.66. The van der Waals surface area contributed by atoms with Gasteiger partial charge in [0.15, 0.2) is 0 Å². The first-order valence-electron chi connectivity index (χ1n) is 10.1. The van der Waals surface area contributed by atoms with Crippen LogP contribution in [0.1, 0.15) is 19.8 Å². The van der Waals surface area contributed by atoms with Crippen LogP contribution < -0.4 is 10.1 Å². The van der Waals surface area contributed by atoms with Gasteiger partial charge in [-0.15, -0.1) is 0 Å². The van der Waals surface area contributed by atoms with E-state index in [0.29, 0.717) is 52.2 Å². The van der Waals surface area contributed by atoms with Crippen LogP contribution in [0.25, 0.3) is 0 Å². The summed E-state index contributed by atoms with van der Waals surface area (Å²) in [5.41, 5.74) is 0. The number of ether oxygens (including phenoxy) is 2. The molecular formula is C21H29N3O5. The van der Waals surface area contributed by atoms with Crippen LogP contribution in [-0.4, -0.2) is 79.6 Å². The largest absolute Gasteiger partial charge is 0.490 e. The lowest BCUT2D eigenvalue weighted by atomic mass is 9.90. The number of amides is 3. The van der Waals surface area contributed by atoms with E-state index in [1.807, 2.05) is 35.2 Å². The van der Waals surface area contributed by atoms with Crippen molar-refractivity contribution in [1.29, 1.82) is 0 Å². The summed E-state index contributed by atoms with van der Waals surface area (Å²) in [4.78, 5) is 39.9. The van der Waals surface area contributed by atoms with E-state index in [1.54, 1.807) is 4.90 Å². The molecule has 2 fully saturated rings. The number of carbonyl (C=O) groups is 3. The molecule has 3 rings (SSSR count). The summed E-state index contributed by atoms with van der Waals surface area (Å²) in [5, 5.41) is 2.55. The summed E-state index contributed by atoms with van der Waals surface area (Å²) in [6.07, 6.45) is 0.815. The molecule has 0 aliphatic carbocycles. The highest BCUT2D eigenvalue weighted by Crippen LogP contribution is 2.26. The zero-order valence-corrected chi connectivity index (χ0v) is 16.8. The molecule has 0 spiro atoms. The van der Waals surface area contributed by atoms with E-state index >= 15 is 0 Å². The van der Waals surface area contributed by atoms with Crippen molar-refractivity contribution < 1.29 is 23.9 Å². The Morgan fingerprint density at radius 3 is 2.48 bits per heavy atom. The van der Waals surface area contributed by atoms with Gasteiger partial charge >= 0.3 is 0 Å². The van der Waals surface area contributed by atoms with Crippen LogP contribution in [-0.2, 0) is 19.1 Å². The van der Waals surface area contributed by atoms with Gasteiger partial charge in [-0.3, -0.25) is 14.4 Å². The molecule has 1 N–H and O–H groups in total. The molecule has 2 aliphatic heterocycles. The molecular weight excluding hydrogens is 374 g/mol. The molecule has 0 radical (unpaired) electrons. The Hall–Kier alpha value is -2.61. The molecule has 2 atom stereocenters. The van der Waals surface area contributed by atoms with Crippen molar-refractivity contribution >= 4 is 17.7 Å². The van der Waals surface area contributed by atoms with Gasteiger partial charge in [0.05, 0.1) is 19.8 Å². The van der Waals surface area contributed by atoms with Gasteiger partial charge in [-0.05, 0) is 12.1 Å². The van der Waals surface area contributed by atoms with Crippen LogP contribution in [0.3, 0.4) is 0 Å². The van der Waals surface area contributed by atoms with Crippen LogP contribution in [0.15, 0.2) is 30.3 Å². The van der Waals surface area contributed by atoms with Crippen LogP contribution in [0.4, 0.5) is 0 Å². The fourth-order valence-electron chi connectivity index (χ4n) is 3.74. The smallest absolute Gasteiger partial charge is 0.241 e. The number of piperidine rings is 1. The molecule has 0 bridgehead atoms. The molecule has 8 heteroatoms. The fourth-order valence-corrected chi connectivity index (χ4v) is 3.74. The molecule has 0 aromatic heterocycles. The standard InChI is InChI=1S/C21H29N3O5/c1-16(25)22-14-21(27)24-8-7-19(29-18-5-3-2-4-6-18)17(15-24)13-20(26)23-9-11-28-12-10-23/h2-6,17,19H,7-15H2,1H3,(H,22,25)/t17-,19-/m0/s1. The maximum atomic E-state index is 12.8. The summed E-state index contributed by atoms with van der Waals surface area (Å²) in [6, 6.07) is 9.55. The second-order valence-corrected chi connectivity index (χ2v) is 7.46. The Morgan fingerprint density at radius 2 is 1.79 bits per heavy atom. The predicted molar refractivity (Wildman–Crippen MR) is 106 cm³/mol. The molecule has 29 heavy (non-hydrogen) atoms. The Morgan fingerprint density at radius 1 is 1.07 bits per heavy atom. The summed E-state index contributed by atoms with van der Waals surface area (Å²) in [7, 11) is 0. The van der Waals surface area contributed by atoms with Crippen molar-refractivity contribution in [1.82, 2.24) is 15.1 Å². The van der Waals surface area contributed by atoms with E-state index < -0.39 is 0 Å². The normalized spacial score (nSPS) is 22.1. The minimum absolute atomic E-state index is 0.0241. The number of morpholine rings is 1. The summed E-state index contributed by atoms with van der Waals surface area (Å²) in [6.45, 7) is 4.65. The fraction of sp³-hybridized carbons (Fsp3) is 0.571. The van der Waals surface area contributed by atoms with Crippen molar-refractivity contribution in [2.45, 2.75) is 25.9 Å². The predicted octanol–water partition coefficient (Wildman–Crippen LogP) is 0.668. The van der Waals surface area contributed by atoms with Gasteiger partial charge < -0.3 is 24.6 Å². The Labute approximate surface area is 171 Å². The molecule has 2 heterocycles. The van der Waals surface area contributed by atoms with E-state index in [1.165, 1.54) is 6.92 Å². The van der Waals surface area contributed by atoms with E-state index in [0.717, 1.165) is 5.75 Å². The summed E-state index contributed by atoms with van der Waals surface area (Å²) < 4.78 is 11.5. The first-order chi connectivity index (χ1) is 14.0. The number of rotatable bonds is 6. The first kappa shape index (κ1) is 21.1. The maximum Gasteiger partial charge on any atom is 0.241 e. The quantitative estimate of drug-likeness (QED) is 0.754. The number of hydrogen-bond acceptors (Lipinski definition) is 5. The Bertz CT molecular complexity index is 706. The van der Waals surface area contributed by atoms with Gasteiger partial charge in [0, 0.05) is 51.9 Å². The Kier molecular flexibility index (Phi) is 7.46. The number of nitrogens with zero attached hydrogens (tertiary/aromatic N) is 2. The van der Waals surface area contributed by atoms with Crippen LogP contribution in [0, 0.1) is 5.92 Å². The zero-order chi connectivity index (χ0) is 20.6. The number of hydrogen-bond donors (Lipinski definition) is 1. The lowest BCUT2D eigenvalue weighted by molar-refractivity contribution is -0.141. The summed E-state index contributed by atoms with van der Waals surface area (Å²) in [5.74, 6) is 0.345. The molecule has 2 aliphatic rings. The molecule has 3 amide bonds. The number of nitrogens with one attached hydrogen (secondary N) is 1. The van der Waals surface area contributed by atoms with Crippen LogP contribution in [0.2, 0.25) is 0 Å². The third-order valence-electron chi connectivity index (χ3n) is 5.34. The van der Waals surface area contributed by atoms with Crippen molar-refractivity contribution in [3.8, 4) is 5.75 Å². The molecule has 1 aromatic carbocycles. The van der Waals surface area contributed by atoms with E-state index in [2.05, 4.69) is 5.32 Å². The van der Waals surface area contributed by atoms with Gasteiger partial charge in [-0.2, -0.15) is 0 Å². The first-order valence-corrected chi connectivity index (χ1v) is 10.1. The second kappa shape index (κ2) is 10.2. The third kappa shape index (κ3) is 6.19. The van der Waals surface area contributed by atoms with Crippen molar-refractivity contribution in [3.05, 3.63) is 30.3 Å². The number of benzene rings is 1. The second-order valence-electron chi connectivity index (χ2n) is 7.46. The van der Waals surface area contributed by atoms with Crippen molar-refractivity contribution in [3.63, 3.8) is 0 Å². The van der Waals surface area contributed by atoms with Crippen molar-refractivity contribution in [2.24, 2.45) is 5.92 Å². The highest BCUT2D eigenvalue weighted by molar-refractivity contribution is 5.84. The topological polar surface area (TPSA) is 88.2 Å². The van der Waals surface area contributed by atoms with Gasteiger partial charge in [-0.25, -0.2) is 0 Å². The molecule has 0 unspecified atom stereocenters. The van der Waals surface area contributed by atoms with E-state index in [4.69, 9.17) is 9.47 Å². The van der Waals surface area contributed by atoms with Crippen LogP contribution >= 0.6 is 0 Å². The van der Waals surface area contributed by atoms with Gasteiger partial charge in [-0.1, -0.05) is 18.2 Å². The van der Waals surface area contributed by atoms with Crippen molar-refractivity contribution in [2.75, 3.05) is 45.9 Å². The molecule has 158 valence electrons. The average Bonchev–Trinajstić information content (AvgIpc) is 2.74. The lowest BCUT2D eigenvalue weighted by Crippen LogP contribution is -2.52. The third-order valence-corrected chi connectivity index (χ3v) is 5.34. The van der Waals surface area contributed by atoms with Gasteiger partial charge in [0.1, 0.15) is 11.9 Å². The SMILES string of the molecule is CC(=O)NCC(=O)N1CC[C@H](Oc2ccccc2)[C@@H](CC(=O)N2CCOCC2)C1. The van der Waals surface area contributed by atoms with Gasteiger partial charge in [0.2, 0.25) is 17.7 Å². The molecule has 1 aromatic rings. The molecule has 0 saturated carbocycles. The lowest BCUT2D eigenvalue weighted by Gasteiger charge is -2.39. The summed E-state index contributed by atoms with van der Waals surface area (Å²) >= 11 is 0. The molecule has 2 saturated heterocycles. The molecule has 8 nitrogen and oxygen atoms in total. The number of carbonyl (C=O) groups excluding carboxylic acids is 3. The highest BCUT2D eigenvalue weighted by atomic mass is 16.5. The van der Waals surface area contributed by atoms with Gasteiger partial charge in [0.25, 0.3) is 0 Å². The number of likely N-dealkylation sites (tertiary alicyclic amines) is 1. The van der Waals surface area contributed by atoms with Crippen LogP contribution in [0.5, 0.6) is 5.75 Å². The minimum atomic E-state index is -0.236. The highest BCUT2D eigenvalue weighted by Gasteiger charge is 2.35. The van der Waals surface area contributed by atoms with E-state index in [-0.39, 0.29) is 36.3 Å². The van der Waals surface area contributed by atoms with E-state index in [9.17, 15) is 14.4 Å².